The number of carbonyl (C=O) groups excluding carboxylic acids is 1. The van der Waals surface area contributed by atoms with Gasteiger partial charge in [-0.3, -0.25) is 4.79 Å². The van der Waals surface area contributed by atoms with Crippen molar-refractivity contribution in [2.24, 2.45) is 5.92 Å². The monoisotopic (exact) mass is 437 g/mol. The topological polar surface area (TPSA) is 82.8 Å². The number of rotatable bonds is 5. The number of para-hydroxylation sites is 1. The average Bonchev–Trinajstić information content (AvgIpc) is 3.24. The highest BCUT2D eigenvalue weighted by Gasteiger charge is 2.24. The van der Waals surface area contributed by atoms with Gasteiger partial charge in [-0.15, -0.1) is 0 Å². The number of nitrogens with one attached hydrogen (secondary N) is 1. The van der Waals surface area contributed by atoms with E-state index in [-0.39, 0.29) is 11.7 Å². The van der Waals surface area contributed by atoms with Crippen LogP contribution in [-0.2, 0) is 0 Å². The van der Waals surface area contributed by atoms with Crippen LogP contribution in [0, 0.1) is 5.92 Å². The van der Waals surface area contributed by atoms with Crippen molar-refractivity contribution in [3.8, 4) is 17.0 Å². The molecule has 33 heavy (non-hydrogen) atoms. The van der Waals surface area contributed by atoms with Crippen LogP contribution in [0.2, 0.25) is 0 Å². The van der Waals surface area contributed by atoms with Gasteiger partial charge >= 0.3 is 0 Å². The number of hydrogen-bond acceptors (Lipinski definition) is 5. The van der Waals surface area contributed by atoms with Gasteiger partial charge in [-0.1, -0.05) is 30.3 Å². The number of amides is 1. The summed E-state index contributed by atoms with van der Waals surface area (Å²) >= 11 is 0. The minimum atomic E-state index is 0.0771. The highest BCUT2D eigenvalue weighted by Crippen LogP contribution is 2.29. The molecule has 0 spiro atoms. The minimum absolute atomic E-state index is 0.0771. The van der Waals surface area contributed by atoms with Crippen LogP contribution in [0.25, 0.3) is 16.9 Å². The Morgan fingerprint density at radius 2 is 1.94 bits per heavy atom. The molecule has 0 saturated carbocycles. The van der Waals surface area contributed by atoms with Gasteiger partial charge in [-0.25, -0.2) is 4.98 Å². The standard InChI is InChI=1S/C25H24BN5O2/c26-20-15-28-31-23(13-21(29-24(20)31)19-10-4-5-11-22(19)32)27-14-17-7-6-12-30(16-17)25(33)18-8-2-1-3-9-18/h1-5,8-11,13,15,17,27,32H,6-7,12,14,16H2. The number of anilines is 1. The van der Waals surface area contributed by atoms with Crippen LogP contribution in [0.1, 0.15) is 23.2 Å². The maximum absolute atomic E-state index is 12.9. The number of aromatic nitrogens is 3. The molecule has 1 aliphatic rings. The third-order valence-electron chi connectivity index (χ3n) is 6.08. The predicted octanol–water partition coefficient (Wildman–Crippen LogP) is 2.86. The minimum Gasteiger partial charge on any atom is -0.507 e. The van der Waals surface area contributed by atoms with Crippen molar-refractivity contribution in [3.63, 3.8) is 0 Å². The van der Waals surface area contributed by atoms with E-state index in [0.29, 0.717) is 41.4 Å². The Hall–Kier alpha value is -3.81. The summed E-state index contributed by atoms with van der Waals surface area (Å²) in [7, 11) is 6.10. The quantitative estimate of drug-likeness (QED) is 0.470. The van der Waals surface area contributed by atoms with Crippen molar-refractivity contribution < 1.29 is 9.90 Å². The molecule has 1 fully saturated rings. The Kier molecular flexibility index (Phi) is 5.73. The molecule has 1 unspecified atom stereocenters. The Balaban J connectivity index is 1.36. The second-order valence-corrected chi connectivity index (χ2v) is 8.39. The largest absolute Gasteiger partial charge is 0.507 e. The highest BCUT2D eigenvalue weighted by molar-refractivity contribution is 6.36. The van der Waals surface area contributed by atoms with Crippen LogP contribution in [0.3, 0.4) is 0 Å². The number of hydrogen-bond donors (Lipinski definition) is 2. The number of nitrogens with zero attached hydrogens (tertiary/aromatic N) is 4. The van der Waals surface area contributed by atoms with E-state index in [0.717, 1.165) is 30.8 Å². The molecule has 4 aromatic rings. The van der Waals surface area contributed by atoms with E-state index in [1.165, 1.54) is 0 Å². The average molecular weight is 437 g/mol. The molecule has 1 aliphatic heterocycles. The molecule has 5 rings (SSSR count). The third-order valence-corrected chi connectivity index (χ3v) is 6.08. The van der Waals surface area contributed by atoms with E-state index < -0.39 is 0 Å². The molecular weight excluding hydrogens is 413 g/mol. The molecule has 2 aromatic heterocycles. The summed E-state index contributed by atoms with van der Waals surface area (Å²) in [4.78, 5) is 19.4. The lowest BCUT2D eigenvalue weighted by Gasteiger charge is -2.33. The van der Waals surface area contributed by atoms with Gasteiger partial charge in [-0.05, 0) is 48.5 Å². The molecule has 3 heterocycles. The molecule has 2 N–H and O–H groups in total. The van der Waals surface area contributed by atoms with Crippen LogP contribution < -0.4 is 10.8 Å². The smallest absolute Gasteiger partial charge is 0.253 e. The molecule has 0 bridgehead atoms. The first kappa shape index (κ1) is 21.1. The molecule has 1 amide bonds. The van der Waals surface area contributed by atoms with Crippen LogP contribution in [0.4, 0.5) is 5.82 Å². The van der Waals surface area contributed by atoms with E-state index in [1.54, 1.807) is 22.8 Å². The Labute approximate surface area is 193 Å². The van der Waals surface area contributed by atoms with Crippen LogP contribution >= 0.6 is 0 Å². The fourth-order valence-corrected chi connectivity index (χ4v) is 4.36. The van der Waals surface area contributed by atoms with E-state index in [2.05, 4.69) is 15.4 Å². The lowest BCUT2D eigenvalue weighted by Crippen LogP contribution is -2.41. The van der Waals surface area contributed by atoms with Crippen molar-refractivity contribution in [3.05, 3.63) is 72.4 Å². The summed E-state index contributed by atoms with van der Waals surface area (Å²) in [5.41, 5.74) is 2.96. The summed E-state index contributed by atoms with van der Waals surface area (Å²) in [6.45, 7) is 2.15. The molecule has 1 saturated heterocycles. The van der Waals surface area contributed by atoms with E-state index in [4.69, 9.17) is 7.85 Å². The van der Waals surface area contributed by atoms with Crippen molar-refractivity contribution in [1.82, 2.24) is 19.5 Å². The molecule has 1 atom stereocenters. The highest BCUT2D eigenvalue weighted by atomic mass is 16.3. The number of carbonyl (C=O) groups is 1. The summed E-state index contributed by atoms with van der Waals surface area (Å²) in [5, 5.41) is 18.2. The number of piperidine rings is 1. The summed E-state index contributed by atoms with van der Waals surface area (Å²) in [6, 6.07) is 18.4. The first-order valence-corrected chi connectivity index (χ1v) is 11.1. The second-order valence-electron chi connectivity index (χ2n) is 8.39. The van der Waals surface area contributed by atoms with Gasteiger partial charge in [0.1, 0.15) is 19.4 Å². The first-order valence-electron chi connectivity index (χ1n) is 11.1. The molecule has 8 heteroatoms. The van der Waals surface area contributed by atoms with Gasteiger partial charge in [0, 0.05) is 43.0 Å². The van der Waals surface area contributed by atoms with E-state index in [1.807, 2.05) is 53.4 Å². The van der Waals surface area contributed by atoms with Crippen molar-refractivity contribution >= 4 is 30.7 Å². The predicted molar refractivity (Wildman–Crippen MR) is 129 cm³/mol. The van der Waals surface area contributed by atoms with Gasteiger partial charge in [0.05, 0.1) is 5.69 Å². The Bertz CT molecular complexity index is 1290. The number of benzene rings is 2. The number of aromatic hydroxyl groups is 1. The second kappa shape index (κ2) is 8.98. The summed E-state index contributed by atoms with van der Waals surface area (Å²) < 4.78 is 1.68. The summed E-state index contributed by atoms with van der Waals surface area (Å²) in [5.74, 6) is 1.27. The Morgan fingerprint density at radius 1 is 1.15 bits per heavy atom. The Morgan fingerprint density at radius 3 is 2.76 bits per heavy atom. The zero-order chi connectivity index (χ0) is 22.8. The van der Waals surface area contributed by atoms with E-state index >= 15 is 0 Å². The van der Waals surface area contributed by atoms with Gasteiger partial charge in [0.15, 0.2) is 5.65 Å². The lowest BCUT2D eigenvalue weighted by molar-refractivity contribution is 0.0680. The molecule has 2 radical (unpaired) electrons. The van der Waals surface area contributed by atoms with Crippen molar-refractivity contribution in [2.45, 2.75) is 12.8 Å². The van der Waals surface area contributed by atoms with Gasteiger partial charge in [-0.2, -0.15) is 9.61 Å². The van der Waals surface area contributed by atoms with Crippen molar-refractivity contribution in [1.29, 1.82) is 0 Å². The number of phenolic OH excluding ortho intramolecular Hbond substituents is 1. The molecule has 7 nitrogen and oxygen atoms in total. The fraction of sp³-hybridized carbons (Fsp3) is 0.240. The van der Waals surface area contributed by atoms with Crippen LogP contribution in [0.15, 0.2) is 66.9 Å². The zero-order valence-corrected chi connectivity index (χ0v) is 18.2. The zero-order valence-electron chi connectivity index (χ0n) is 18.2. The van der Waals surface area contributed by atoms with Gasteiger partial charge in [0.25, 0.3) is 5.91 Å². The molecule has 164 valence electrons. The normalized spacial score (nSPS) is 16.1. The number of likely N-dealkylation sites (tertiary alicyclic amines) is 1. The van der Waals surface area contributed by atoms with Crippen LogP contribution in [0.5, 0.6) is 5.75 Å². The summed E-state index contributed by atoms with van der Waals surface area (Å²) in [6.07, 6.45) is 3.57. The van der Waals surface area contributed by atoms with Gasteiger partial charge < -0.3 is 15.3 Å². The molecule has 0 aliphatic carbocycles. The number of phenols is 1. The van der Waals surface area contributed by atoms with Crippen LogP contribution in [-0.4, -0.2) is 58.0 Å². The lowest BCUT2D eigenvalue weighted by atomic mass is 9.97. The van der Waals surface area contributed by atoms with Gasteiger partial charge in [0.2, 0.25) is 0 Å². The van der Waals surface area contributed by atoms with E-state index in [9.17, 15) is 9.90 Å². The maximum atomic E-state index is 12.9. The van der Waals surface area contributed by atoms with Crippen molar-refractivity contribution in [2.75, 3.05) is 25.0 Å². The molecule has 2 aromatic carbocycles. The molecular formula is C25H24BN5O2. The third kappa shape index (κ3) is 4.28. The first-order chi connectivity index (χ1) is 16.1. The SMILES string of the molecule is [B]c1cnn2c(NCC3CCCN(C(=O)c4ccccc4)C3)cc(-c3ccccc3O)nc12. The number of fused-ring (bicyclic) bond motifs is 1. The fourth-order valence-electron chi connectivity index (χ4n) is 4.36. The maximum Gasteiger partial charge on any atom is 0.253 e.